The fourth-order valence-corrected chi connectivity index (χ4v) is 1.96. The Labute approximate surface area is 128 Å². The normalized spacial score (nSPS) is 11.1. The molecule has 0 saturated carbocycles. The molecule has 0 aliphatic carbocycles. The second-order valence-electron chi connectivity index (χ2n) is 4.35. The number of amides is 1. The number of nitrogens with zero attached hydrogens (tertiary/aromatic N) is 1. The van der Waals surface area contributed by atoms with E-state index >= 15 is 0 Å². The molecule has 0 atom stereocenters. The van der Waals surface area contributed by atoms with Crippen LogP contribution < -0.4 is 10.2 Å². The van der Waals surface area contributed by atoms with Crippen molar-refractivity contribution in [3.05, 3.63) is 64.7 Å². The lowest BCUT2D eigenvalue weighted by atomic mass is 10.1. The van der Waals surface area contributed by atoms with E-state index in [0.29, 0.717) is 16.3 Å². The Balaban J connectivity index is 2.09. The molecule has 1 amide bonds. The summed E-state index contributed by atoms with van der Waals surface area (Å²) in [6.07, 6.45) is 0. The third-order valence-corrected chi connectivity index (χ3v) is 3.28. The van der Waals surface area contributed by atoms with Crippen LogP contribution in [0.1, 0.15) is 22.8 Å². The van der Waals surface area contributed by atoms with Crippen LogP contribution in [0.15, 0.2) is 53.6 Å². The number of hydrogen-bond donors (Lipinski definition) is 1. The predicted octanol–water partition coefficient (Wildman–Crippen LogP) is 3.50. The van der Waals surface area contributed by atoms with Gasteiger partial charge in [0.2, 0.25) is 0 Å². The van der Waals surface area contributed by atoms with Gasteiger partial charge < -0.3 is 4.74 Å². The van der Waals surface area contributed by atoms with Crippen molar-refractivity contribution < 1.29 is 9.53 Å². The Hall–Kier alpha value is -2.33. The zero-order valence-corrected chi connectivity index (χ0v) is 12.5. The quantitative estimate of drug-likeness (QED) is 0.694. The molecule has 0 saturated heterocycles. The molecule has 21 heavy (non-hydrogen) atoms. The van der Waals surface area contributed by atoms with Gasteiger partial charge in [-0.1, -0.05) is 23.7 Å². The Morgan fingerprint density at radius 3 is 2.43 bits per heavy atom. The van der Waals surface area contributed by atoms with Crippen molar-refractivity contribution >= 4 is 23.2 Å². The van der Waals surface area contributed by atoms with E-state index in [4.69, 9.17) is 16.3 Å². The van der Waals surface area contributed by atoms with E-state index in [9.17, 15) is 4.79 Å². The molecular weight excluding hydrogens is 288 g/mol. The van der Waals surface area contributed by atoms with Gasteiger partial charge in [-0.3, -0.25) is 4.79 Å². The molecule has 0 bridgehead atoms. The van der Waals surface area contributed by atoms with Crippen LogP contribution in [0.3, 0.4) is 0 Å². The largest absolute Gasteiger partial charge is 0.497 e. The third-order valence-electron chi connectivity index (χ3n) is 2.95. The molecule has 0 aliphatic heterocycles. The second-order valence-corrected chi connectivity index (χ2v) is 4.75. The SMILES string of the molecule is COc1ccc(/C(C)=N\NC(=O)c2ccccc2Cl)cc1. The lowest BCUT2D eigenvalue weighted by molar-refractivity contribution is 0.0955. The van der Waals surface area contributed by atoms with Crippen molar-refractivity contribution in [3.8, 4) is 5.75 Å². The van der Waals surface area contributed by atoms with Crippen LogP contribution in [-0.2, 0) is 0 Å². The highest BCUT2D eigenvalue weighted by Gasteiger charge is 2.08. The average molecular weight is 303 g/mol. The molecule has 0 spiro atoms. The van der Waals surface area contributed by atoms with E-state index < -0.39 is 0 Å². The molecule has 4 nitrogen and oxygen atoms in total. The summed E-state index contributed by atoms with van der Waals surface area (Å²) in [4.78, 5) is 12.0. The molecule has 1 N–H and O–H groups in total. The fraction of sp³-hybridized carbons (Fsp3) is 0.125. The number of benzene rings is 2. The van der Waals surface area contributed by atoms with E-state index in [1.54, 1.807) is 31.4 Å². The van der Waals surface area contributed by atoms with Gasteiger partial charge in [-0.25, -0.2) is 5.43 Å². The summed E-state index contributed by atoms with van der Waals surface area (Å²) in [7, 11) is 1.61. The first-order valence-electron chi connectivity index (χ1n) is 6.35. The summed E-state index contributed by atoms with van der Waals surface area (Å²) >= 11 is 5.96. The summed E-state index contributed by atoms with van der Waals surface area (Å²) < 4.78 is 5.09. The minimum absolute atomic E-state index is 0.339. The molecule has 0 radical (unpaired) electrons. The Kier molecular flexibility index (Phi) is 4.95. The maximum Gasteiger partial charge on any atom is 0.272 e. The van der Waals surface area contributed by atoms with Crippen molar-refractivity contribution in [2.45, 2.75) is 6.92 Å². The van der Waals surface area contributed by atoms with Crippen molar-refractivity contribution in [2.24, 2.45) is 5.10 Å². The average Bonchev–Trinajstić information content (AvgIpc) is 2.52. The minimum Gasteiger partial charge on any atom is -0.497 e. The molecule has 2 rings (SSSR count). The molecule has 108 valence electrons. The van der Waals surface area contributed by atoms with E-state index in [0.717, 1.165) is 11.3 Å². The number of rotatable bonds is 4. The lowest BCUT2D eigenvalue weighted by Crippen LogP contribution is -2.19. The standard InChI is InChI=1S/C16H15ClN2O2/c1-11(12-7-9-13(21-2)10-8-12)18-19-16(20)14-5-3-4-6-15(14)17/h3-10H,1-2H3,(H,19,20)/b18-11-. The highest BCUT2D eigenvalue weighted by Crippen LogP contribution is 2.15. The zero-order valence-electron chi connectivity index (χ0n) is 11.8. The van der Waals surface area contributed by atoms with Crippen molar-refractivity contribution in [1.82, 2.24) is 5.43 Å². The van der Waals surface area contributed by atoms with Crippen LogP contribution in [0.25, 0.3) is 0 Å². The van der Waals surface area contributed by atoms with Crippen LogP contribution in [0.5, 0.6) is 5.75 Å². The first kappa shape index (κ1) is 15.1. The predicted molar refractivity (Wildman–Crippen MR) is 84.1 cm³/mol. The lowest BCUT2D eigenvalue weighted by Gasteiger charge is -2.05. The Morgan fingerprint density at radius 1 is 1.14 bits per heavy atom. The van der Waals surface area contributed by atoms with Gasteiger partial charge in [0.05, 0.1) is 23.4 Å². The van der Waals surface area contributed by atoms with Gasteiger partial charge in [-0.15, -0.1) is 0 Å². The van der Waals surface area contributed by atoms with Gasteiger partial charge in [0, 0.05) is 0 Å². The maximum absolute atomic E-state index is 12.0. The van der Waals surface area contributed by atoms with Crippen LogP contribution in [0, 0.1) is 0 Å². The van der Waals surface area contributed by atoms with E-state index in [1.165, 1.54) is 0 Å². The highest BCUT2D eigenvalue weighted by molar-refractivity contribution is 6.33. The van der Waals surface area contributed by atoms with Crippen LogP contribution >= 0.6 is 11.6 Å². The van der Waals surface area contributed by atoms with Crippen LogP contribution in [0.4, 0.5) is 0 Å². The summed E-state index contributed by atoms with van der Waals surface area (Å²) in [5.74, 6) is 0.431. The number of hydrazone groups is 1. The van der Waals surface area contributed by atoms with Gasteiger partial charge in [0.1, 0.15) is 5.75 Å². The number of hydrogen-bond acceptors (Lipinski definition) is 3. The summed E-state index contributed by atoms with van der Waals surface area (Å²) in [6, 6.07) is 14.3. The number of carbonyl (C=O) groups excluding carboxylic acids is 1. The summed E-state index contributed by atoms with van der Waals surface area (Å²) in [6.45, 7) is 1.81. The number of methoxy groups -OCH3 is 1. The highest BCUT2D eigenvalue weighted by atomic mass is 35.5. The first-order chi connectivity index (χ1) is 10.1. The topological polar surface area (TPSA) is 50.7 Å². The molecule has 0 aromatic heterocycles. The molecule has 2 aromatic carbocycles. The van der Waals surface area contributed by atoms with E-state index in [-0.39, 0.29) is 5.91 Å². The minimum atomic E-state index is -0.339. The van der Waals surface area contributed by atoms with E-state index in [2.05, 4.69) is 10.5 Å². The summed E-state index contributed by atoms with van der Waals surface area (Å²) in [5.41, 5.74) is 4.48. The third kappa shape index (κ3) is 3.83. The Morgan fingerprint density at radius 2 is 1.81 bits per heavy atom. The molecule has 0 heterocycles. The van der Waals surface area contributed by atoms with Crippen molar-refractivity contribution in [2.75, 3.05) is 7.11 Å². The number of ether oxygens (including phenoxy) is 1. The molecule has 0 unspecified atom stereocenters. The second kappa shape index (κ2) is 6.90. The smallest absolute Gasteiger partial charge is 0.272 e. The number of halogens is 1. The molecule has 0 aliphatic rings. The zero-order chi connectivity index (χ0) is 15.2. The van der Waals surface area contributed by atoms with Gasteiger partial charge >= 0.3 is 0 Å². The Bertz CT molecular complexity index is 666. The number of carbonyl (C=O) groups is 1. The first-order valence-corrected chi connectivity index (χ1v) is 6.73. The number of nitrogens with one attached hydrogen (secondary N) is 1. The fourth-order valence-electron chi connectivity index (χ4n) is 1.74. The van der Waals surface area contributed by atoms with Crippen molar-refractivity contribution in [1.29, 1.82) is 0 Å². The monoisotopic (exact) mass is 302 g/mol. The molecular formula is C16H15ClN2O2. The van der Waals surface area contributed by atoms with Gasteiger partial charge in [0.25, 0.3) is 5.91 Å². The van der Waals surface area contributed by atoms with Crippen LogP contribution in [0.2, 0.25) is 5.02 Å². The maximum atomic E-state index is 12.0. The summed E-state index contributed by atoms with van der Waals surface area (Å²) in [5, 5.41) is 4.48. The van der Waals surface area contributed by atoms with Gasteiger partial charge in [-0.2, -0.15) is 5.10 Å². The molecule has 2 aromatic rings. The van der Waals surface area contributed by atoms with Crippen molar-refractivity contribution in [3.63, 3.8) is 0 Å². The molecule has 0 fully saturated rings. The van der Waals surface area contributed by atoms with Gasteiger partial charge in [-0.05, 0) is 48.9 Å². The van der Waals surface area contributed by atoms with Gasteiger partial charge in [0.15, 0.2) is 0 Å². The molecule has 5 heteroatoms. The van der Waals surface area contributed by atoms with E-state index in [1.807, 2.05) is 31.2 Å². The van der Waals surface area contributed by atoms with Crippen LogP contribution in [-0.4, -0.2) is 18.7 Å².